The maximum absolute atomic E-state index is 12.4. The summed E-state index contributed by atoms with van der Waals surface area (Å²) >= 11 is 0. The summed E-state index contributed by atoms with van der Waals surface area (Å²) in [7, 11) is 0. The molecule has 0 rings (SSSR count). The van der Waals surface area contributed by atoms with Crippen molar-refractivity contribution in [3.8, 4) is 0 Å². The second-order valence-corrected chi connectivity index (χ2v) is 17.9. The maximum atomic E-state index is 12.4. The Kier molecular flexibility index (Phi) is 48.1. The molecule has 0 aliphatic carbocycles. The number of nitrogens with one attached hydrogen (secondary N) is 1. The number of aliphatic hydroxyl groups excluding tert-OH is 2. The monoisotopic (exact) mass is 844 g/mol. The molecule has 0 bridgehead atoms. The summed E-state index contributed by atoms with van der Waals surface area (Å²) in [4.78, 5) is 24.5. The van der Waals surface area contributed by atoms with Crippen LogP contribution in [0.3, 0.4) is 0 Å². The lowest BCUT2D eigenvalue weighted by Gasteiger charge is -2.20. The molecule has 2 unspecified atom stereocenters. The van der Waals surface area contributed by atoms with Gasteiger partial charge in [0.1, 0.15) is 0 Å². The van der Waals surface area contributed by atoms with Gasteiger partial charge in [0.25, 0.3) is 0 Å². The Labute approximate surface area is 373 Å². The first-order valence-corrected chi connectivity index (χ1v) is 26.3. The van der Waals surface area contributed by atoms with Gasteiger partial charge in [-0.2, -0.15) is 0 Å². The second kappa shape index (κ2) is 49.7. The van der Waals surface area contributed by atoms with Crippen molar-refractivity contribution in [3.05, 3.63) is 36.5 Å². The molecule has 3 N–H and O–H groups in total. The molecule has 0 aromatic heterocycles. The van der Waals surface area contributed by atoms with Crippen molar-refractivity contribution in [3.63, 3.8) is 0 Å². The number of rotatable bonds is 48. The normalized spacial score (nSPS) is 12.9. The van der Waals surface area contributed by atoms with Crippen LogP contribution >= 0.6 is 0 Å². The van der Waals surface area contributed by atoms with Gasteiger partial charge >= 0.3 is 5.97 Å². The Hall–Kier alpha value is -1.92. The summed E-state index contributed by atoms with van der Waals surface area (Å²) in [6, 6.07) is -0.648. The van der Waals surface area contributed by atoms with Crippen molar-refractivity contribution >= 4 is 11.9 Å². The summed E-state index contributed by atoms with van der Waals surface area (Å²) in [5.41, 5.74) is 0. The van der Waals surface area contributed by atoms with Gasteiger partial charge in [-0.3, -0.25) is 9.59 Å². The van der Waals surface area contributed by atoms with Crippen LogP contribution in [-0.4, -0.2) is 47.4 Å². The predicted molar refractivity (Wildman–Crippen MR) is 259 cm³/mol. The lowest BCUT2D eigenvalue weighted by molar-refractivity contribution is -0.143. The van der Waals surface area contributed by atoms with Crippen molar-refractivity contribution < 1.29 is 24.5 Å². The van der Waals surface area contributed by atoms with E-state index in [4.69, 9.17) is 4.74 Å². The molecule has 352 valence electrons. The molecule has 0 aromatic rings. The highest BCUT2D eigenvalue weighted by Crippen LogP contribution is 2.15. The molecule has 0 heterocycles. The molecule has 0 saturated carbocycles. The number of allylic oxidation sites excluding steroid dienone is 5. The van der Waals surface area contributed by atoms with Crippen LogP contribution < -0.4 is 5.32 Å². The van der Waals surface area contributed by atoms with Gasteiger partial charge in [0, 0.05) is 12.8 Å². The summed E-state index contributed by atoms with van der Waals surface area (Å²) in [6.45, 7) is 4.81. The number of amides is 1. The molecule has 0 spiro atoms. The third-order valence-corrected chi connectivity index (χ3v) is 11.9. The van der Waals surface area contributed by atoms with E-state index in [-0.39, 0.29) is 18.5 Å². The number of ether oxygens (including phenoxy) is 1. The van der Waals surface area contributed by atoms with Gasteiger partial charge in [-0.15, -0.1) is 0 Å². The van der Waals surface area contributed by atoms with Crippen LogP contribution in [0.5, 0.6) is 0 Å². The predicted octanol–water partition coefficient (Wildman–Crippen LogP) is 15.7. The summed E-state index contributed by atoms with van der Waals surface area (Å²) < 4.78 is 5.46. The van der Waals surface area contributed by atoms with Crippen LogP contribution in [0.15, 0.2) is 36.5 Å². The summed E-state index contributed by atoms with van der Waals surface area (Å²) in [5, 5.41) is 23.0. The number of hydrogen-bond donors (Lipinski definition) is 3. The van der Waals surface area contributed by atoms with Crippen molar-refractivity contribution in [1.29, 1.82) is 0 Å². The van der Waals surface area contributed by atoms with Crippen LogP contribution in [0.4, 0.5) is 0 Å². The third-order valence-electron chi connectivity index (χ3n) is 11.9. The van der Waals surface area contributed by atoms with Crippen molar-refractivity contribution in [2.75, 3.05) is 13.2 Å². The second-order valence-electron chi connectivity index (χ2n) is 17.9. The molecule has 0 radical (unpaired) electrons. The zero-order valence-corrected chi connectivity index (χ0v) is 39.9. The van der Waals surface area contributed by atoms with Gasteiger partial charge < -0.3 is 20.3 Å². The van der Waals surface area contributed by atoms with E-state index in [2.05, 4.69) is 43.5 Å². The summed E-state index contributed by atoms with van der Waals surface area (Å²) in [5.74, 6) is -0.127. The zero-order chi connectivity index (χ0) is 43.7. The fraction of sp³-hybridized carbons (Fsp3) is 0.852. The molecule has 2 atom stereocenters. The molecule has 1 amide bonds. The SMILES string of the molecule is CCCCC/C=C\C/C=C\CCCCCCCCCCCC(=O)OCCCCCCCCCCCC(=O)NC(CO)C(O)/C=C/CCCCCCCCCCCCCCC. The largest absolute Gasteiger partial charge is 0.466 e. The van der Waals surface area contributed by atoms with Crippen LogP contribution in [-0.2, 0) is 14.3 Å². The Balaban J connectivity index is 3.51. The quantitative estimate of drug-likeness (QED) is 0.0322. The first-order chi connectivity index (χ1) is 29.5. The fourth-order valence-corrected chi connectivity index (χ4v) is 7.84. The maximum Gasteiger partial charge on any atom is 0.305 e. The van der Waals surface area contributed by atoms with E-state index in [0.29, 0.717) is 19.4 Å². The van der Waals surface area contributed by atoms with E-state index < -0.39 is 12.1 Å². The number of carbonyl (C=O) groups is 2. The molecule has 6 nitrogen and oxygen atoms in total. The van der Waals surface area contributed by atoms with Crippen molar-refractivity contribution in [1.82, 2.24) is 5.32 Å². The highest BCUT2D eigenvalue weighted by atomic mass is 16.5. The van der Waals surface area contributed by atoms with E-state index in [1.165, 1.54) is 180 Å². The van der Waals surface area contributed by atoms with E-state index in [9.17, 15) is 19.8 Å². The minimum Gasteiger partial charge on any atom is -0.466 e. The van der Waals surface area contributed by atoms with E-state index in [1.807, 2.05) is 6.08 Å². The zero-order valence-electron chi connectivity index (χ0n) is 39.9. The molecule has 0 aliphatic heterocycles. The van der Waals surface area contributed by atoms with Gasteiger partial charge in [-0.05, 0) is 64.2 Å². The minimum absolute atomic E-state index is 0.0315. The number of aliphatic hydroxyl groups is 2. The molecule has 0 fully saturated rings. The van der Waals surface area contributed by atoms with Crippen LogP contribution in [0.25, 0.3) is 0 Å². The molecule has 0 saturated heterocycles. The average Bonchev–Trinajstić information content (AvgIpc) is 3.25. The topological polar surface area (TPSA) is 95.9 Å². The van der Waals surface area contributed by atoms with E-state index >= 15 is 0 Å². The van der Waals surface area contributed by atoms with Gasteiger partial charge in [-0.1, -0.05) is 230 Å². The molecule has 60 heavy (non-hydrogen) atoms. The Bertz CT molecular complexity index is 977. The Morgan fingerprint density at radius 2 is 0.833 bits per heavy atom. The molecule has 0 aliphatic rings. The Morgan fingerprint density at radius 1 is 0.467 bits per heavy atom. The van der Waals surface area contributed by atoms with Gasteiger partial charge in [0.05, 0.1) is 25.4 Å². The van der Waals surface area contributed by atoms with Gasteiger partial charge in [0.2, 0.25) is 5.91 Å². The third kappa shape index (κ3) is 45.6. The smallest absolute Gasteiger partial charge is 0.305 e. The first kappa shape index (κ1) is 58.1. The van der Waals surface area contributed by atoms with E-state index in [0.717, 1.165) is 64.2 Å². The number of unbranched alkanes of at least 4 members (excludes halogenated alkanes) is 33. The van der Waals surface area contributed by atoms with Gasteiger partial charge in [-0.25, -0.2) is 0 Å². The van der Waals surface area contributed by atoms with Crippen LogP contribution in [0.2, 0.25) is 0 Å². The Morgan fingerprint density at radius 3 is 1.30 bits per heavy atom. The average molecular weight is 844 g/mol. The van der Waals surface area contributed by atoms with E-state index in [1.54, 1.807) is 6.08 Å². The fourth-order valence-electron chi connectivity index (χ4n) is 7.84. The molecular formula is C54H101NO5. The number of carbonyl (C=O) groups excluding carboxylic acids is 2. The lowest BCUT2D eigenvalue weighted by atomic mass is 10.0. The van der Waals surface area contributed by atoms with Crippen LogP contribution in [0.1, 0.15) is 271 Å². The van der Waals surface area contributed by atoms with Crippen LogP contribution in [0, 0.1) is 0 Å². The molecule has 0 aromatic carbocycles. The summed E-state index contributed by atoms with van der Waals surface area (Å²) in [6.07, 6.45) is 60.0. The number of hydrogen-bond acceptors (Lipinski definition) is 5. The first-order valence-electron chi connectivity index (χ1n) is 26.3. The lowest BCUT2D eigenvalue weighted by Crippen LogP contribution is -2.45. The molecular weight excluding hydrogens is 743 g/mol. The van der Waals surface area contributed by atoms with Crippen molar-refractivity contribution in [2.45, 2.75) is 283 Å². The standard InChI is InChI=1S/C54H101NO5/c1-3-5-7-9-11-13-15-17-19-20-21-22-24-26-28-32-36-40-44-48-54(59)60-49-45-41-37-33-29-31-35-39-43-47-53(58)55-51(50-56)52(57)46-42-38-34-30-27-25-23-18-16-14-12-10-8-6-4-2/h11,13,17,19,42,46,51-52,56-57H,3-10,12,14-16,18,20-41,43-45,47-50H2,1-2H3,(H,55,58)/b13-11-,19-17-,46-42+. The molecule has 6 heteroatoms. The van der Waals surface area contributed by atoms with Gasteiger partial charge in [0.15, 0.2) is 0 Å². The minimum atomic E-state index is -0.862. The highest BCUT2D eigenvalue weighted by Gasteiger charge is 2.18. The van der Waals surface area contributed by atoms with Crippen molar-refractivity contribution in [2.24, 2.45) is 0 Å². The number of esters is 1. The highest BCUT2D eigenvalue weighted by molar-refractivity contribution is 5.76.